The summed E-state index contributed by atoms with van der Waals surface area (Å²) in [4.78, 5) is 119. The Kier molecular flexibility index (Phi) is 21.8. The molecular weight excluding hydrogens is 849 g/mol. The largest absolute Gasteiger partial charge is 0.391 e. The molecule has 8 atom stereocenters. The van der Waals surface area contributed by atoms with Gasteiger partial charge in [0.15, 0.2) is 0 Å². The van der Waals surface area contributed by atoms with E-state index in [1.54, 1.807) is 25.7 Å². The lowest BCUT2D eigenvalue weighted by Crippen LogP contribution is -2.61. The van der Waals surface area contributed by atoms with Crippen molar-refractivity contribution in [3.63, 3.8) is 0 Å². The maximum absolute atomic E-state index is 14.8. The van der Waals surface area contributed by atoms with Crippen molar-refractivity contribution in [1.29, 1.82) is 0 Å². The van der Waals surface area contributed by atoms with E-state index < -0.39 is 102 Å². The quantitative estimate of drug-likeness (QED) is 0.214. The molecule has 18 heteroatoms. The molecule has 0 radical (unpaired) electrons. The average Bonchev–Trinajstić information content (AvgIpc) is 3.25. The minimum absolute atomic E-state index is 0.0872. The van der Waals surface area contributed by atoms with Gasteiger partial charge in [-0.25, -0.2) is 0 Å². The van der Waals surface area contributed by atoms with Gasteiger partial charge in [-0.2, -0.15) is 0 Å². The standard InChI is InChI=1S/C48H80N8O10/c1-30(2)25-34-45(63)54(10)38(27-33-19-14-12-15-20-33)44(62)51-36(29-66-48(6,7)8)42(60)49-35(46(64)56-23-16-13-17-24-56)28-40(59)53(9)22-18-21-39(58)52-41(32(5)57)47(65)55(11)37(26-31(3)4)43(61)50-34/h12,14-15,19,30-38,41,57H,13,16-18,20-29H2,1-11H3,(H,49,60)(H,50,61)(H,51,62)(H,52,58)/t32-,33?,34+,35+,36+,37+,38+,41+/m1/s1. The van der Waals surface area contributed by atoms with Crippen LogP contribution in [0.3, 0.4) is 0 Å². The fourth-order valence-corrected chi connectivity index (χ4v) is 8.31. The number of carbonyl (C=O) groups is 8. The molecule has 0 saturated carbocycles. The first-order valence-corrected chi connectivity index (χ1v) is 23.8. The molecule has 0 aromatic rings. The van der Waals surface area contributed by atoms with Gasteiger partial charge in [-0.15, -0.1) is 0 Å². The van der Waals surface area contributed by atoms with Crippen LogP contribution in [0, 0.1) is 17.8 Å². The number of hydrogen-bond donors (Lipinski definition) is 5. The first-order valence-electron chi connectivity index (χ1n) is 23.8. The molecule has 2 aliphatic heterocycles. The van der Waals surface area contributed by atoms with Gasteiger partial charge >= 0.3 is 0 Å². The Morgan fingerprint density at radius 2 is 1.35 bits per heavy atom. The summed E-state index contributed by atoms with van der Waals surface area (Å²) in [5.41, 5.74) is -0.751. The molecule has 2 heterocycles. The topological polar surface area (TPSA) is 227 Å². The van der Waals surface area contributed by atoms with Crippen molar-refractivity contribution in [2.24, 2.45) is 17.8 Å². The number of piperidine rings is 1. The van der Waals surface area contributed by atoms with Crippen LogP contribution in [0.1, 0.15) is 120 Å². The van der Waals surface area contributed by atoms with Gasteiger partial charge in [-0.1, -0.05) is 52.0 Å². The lowest BCUT2D eigenvalue weighted by molar-refractivity contribution is -0.147. The van der Waals surface area contributed by atoms with Crippen LogP contribution in [0.2, 0.25) is 0 Å². The molecule has 1 aliphatic carbocycles. The Hall–Kier alpha value is -4.84. The third-order valence-corrected chi connectivity index (χ3v) is 12.2. The Labute approximate surface area is 392 Å². The molecule has 1 unspecified atom stereocenters. The number of aliphatic hydroxyl groups is 1. The predicted octanol–water partition coefficient (Wildman–Crippen LogP) is 2.04. The first kappa shape index (κ1) is 55.5. The zero-order chi connectivity index (χ0) is 49.5. The third kappa shape index (κ3) is 17.4. The summed E-state index contributed by atoms with van der Waals surface area (Å²) in [7, 11) is 4.41. The molecule has 0 aromatic carbocycles. The maximum Gasteiger partial charge on any atom is 0.248 e. The van der Waals surface area contributed by atoms with Crippen LogP contribution in [-0.4, -0.2) is 167 Å². The van der Waals surface area contributed by atoms with Crippen LogP contribution >= 0.6 is 0 Å². The normalized spacial score (nSPS) is 27.4. The van der Waals surface area contributed by atoms with Gasteiger partial charge in [0.05, 0.1) is 24.7 Å². The van der Waals surface area contributed by atoms with Crippen LogP contribution in [0.25, 0.3) is 0 Å². The minimum Gasteiger partial charge on any atom is -0.391 e. The van der Waals surface area contributed by atoms with Crippen LogP contribution in [0.5, 0.6) is 0 Å². The summed E-state index contributed by atoms with van der Waals surface area (Å²) in [6.45, 7) is 14.9. The molecule has 372 valence electrons. The zero-order valence-corrected chi connectivity index (χ0v) is 41.4. The molecule has 0 spiro atoms. The number of amides is 8. The van der Waals surface area contributed by atoms with Crippen molar-refractivity contribution < 1.29 is 48.2 Å². The lowest BCUT2D eigenvalue weighted by Gasteiger charge is -2.36. The van der Waals surface area contributed by atoms with E-state index in [4.69, 9.17) is 4.74 Å². The van der Waals surface area contributed by atoms with Crippen LogP contribution < -0.4 is 21.3 Å². The SMILES string of the molecule is CC(C)C[C@@H]1NC(=O)[C@H](CC(C)C)N(C)C(=O)[C@H]([C@@H](C)O)NC(=O)CCCN(C)C(=O)C[C@@H](C(=O)N2CCCCC2)NC(=O)[C@H](COC(C)(C)C)NC(=O)[C@H](CC2C=CC=CC2)N(C)C1=O. The van der Waals surface area contributed by atoms with Crippen molar-refractivity contribution in [2.75, 3.05) is 47.4 Å². The van der Waals surface area contributed by atoms with E-state index >= 15 is 0 Å². The van der Waals surface area contributed by atoms with Gasteiger partial charge in [-0.3, -0.25) is 38.4 Å². The minimum atomic E-state index is -1.42. The average molecular weight is 929 g/mol. The van der Waals surface area contributed by atoms with Gasteiger partial charge in [0, 0.05) is 47.2 Å². The summed E-state index contributed by atoms with van der Waals surface area (Å²) in [6, 6.07) is -7.50. The number of carbonyl (C=O) groups excluding carboxylic acids is 8. The van der Waals surface area contributed by atoms with Gasteiger partial charge < -0.3 is 50.7 Å². The molecule has 0 bridgehead atoms. The molecule has 2 fully saturated rings. The van der Waals surface area contributed by atoms with E-state index in [0.29, 0.717) is 19.5 Å². The lowest BCUT2D eigenvalue weighted by atomic mass is 9.91. The number of allylic oxidation sites excluding steroid dienone is 4. The van der Waals surface area contributed by atoms with Gasteiger partial charge in [0.2, 0.25) is 47.3 Å². The fraction of sp³-hybridized carbons (Fsp3) is 0.750. The number of likely N-dealkylation sites (tertiary alicyclic amines) is 1. The van der Waals surface area contributed by atoms with E-state index in [1.807, 2.05) is 52.0 Å². The van der Waals surface area contributed by atoms with Crippen LogP contribution in [0.4, 0.5) is 0 Å². The number of nitrogens with zero attached hydrogens (tertiary/aromatic N) is 4. The Morgan fingerprint density at radius 3 is 1.92 bits per heavy atom. The van der Waals surface area contributed by atoms with Crippen LogP contribution in [0.15, 0.2) is 24.3 Å². The van der Waals surface area contributed by atoms with Gasteiger partial charge in [0.1, 0.15) is 36.3 Å². The second kappa shape index (κ2) is 25.9. The number of hydrogen-bond acceptors (Lipinski definition) is 10. The van der Waals surface area contributed by atoms with Crippen molar-refractivity contribution >= 4 is 47.3 Å². The molecule has 3 rings (SSSR count). The zero-order valence-electron chi connectivity index (χ0n) is 41.4. The van der Waals surface area contributed by atoms with Crippen molar-refractivity contribution in [3.05, 3.63) is 24.3 Å². The van der Waals surface area contributed by atoms with E-state index in [9.17, 15) is 43.5 Å². The molecule has 18 nitrogen and oxygen atoms in total. The summed E-state index contributed by atoms with van der Waals surface area (Å²) in [6.07, 6.45) is 9.49. The van der Waals surface area contributed by atoms with Gasteiger partial charge in [-0.05, 0) is 96.8 Å². The van der Waals surface area contributed by atoms with Gasteiger partial charge in [0.25, 0.3) is 0 Å². The number of aliphatic hydroxyl groups excluding tert-OH is 1. The molecular formula is C48H80N8O10. The summed E-state index contributed by atoms with van der Waals surface area (Å²) in [5.74, 6) is -5.21. The van der Waals surface area contributed by atoms with E-state index in [0.717, 1.165) is 19.3 Å². The highest BCUT2D eigenvalue weighted by Gasteiger charge is 2.40. The second-order valence-electron chi connectivity index (χ2n) is 20.1. The van der Waals surface area contributed by atoms with E-state index in [-0.39, 0.29) is 63.0 Å². The Bertz CT molecular complexity index is 1750. The molecule has 3 aliphatic rings. The predicted molar refractivity (Wildman–Crippen MR) is 250 cm³/mol. The number of nitrogens with one attached hydrogen (secondary N) is 4. The molecule has 2 saturated heterocycles. The smallest absolute Gasteiger partial charge is 0.248 e. The van der Waals surface area contributed by atoms with Crippen LogP contribution in [-0.2, 0) is 43.1 Å². The molecule has 5 N–H and O–H groups in total. The van der Waals surface area contributed by atoms with Crippen molar-refractivity contribution in [2.45, 2.75) is 168 Å². The summed E-state index contributed by atoms with van der Waals surface area (Å²) in [5, 5.41) is 21.9. The summed E-state index contributed by atoms with van der Waals surface area (Å²) >= 11 is 0. The fourth-order valence-electron chi connectivity index (χ4n) is 8.31. The van der Waals surface area contributed by atoms with E-state index in [1.165, 1.54) is 42.8 Å². The van der Waals surface area contributed by atoms with Crippen molar-refractivity contribution in [1.82, 2.24) is 40.9 Å². The summed E-state index contributed by atoms with van der Waals surface area (Å²) < 4.78 is 6.06. The molecule has 8 amide bonds. The third-order valence-electron chi connectivity index (χ3n) is 12.2. The van der Waals surface area contributed by atoms with Crippen molar-refractivity contribution in [3.8, 4) is 0 Å². The monoisotopic (exact) mass is 929 g/mol. The highest BCUT2D eigenvalue weighted by molar-refractivity contribution is 5.98. The molecule has 66 heavy (non-hydrogen) atoms. The number of rotatable bonds is 10. The maximum atomic E-state index is 14.8. The highest BCUT2D eigenvalue weighted by atomic mass is 16.5. The molecule has 0 aromatic heterocycles. The van der Waals surface area contributed by atoms with E-state index in [2.05, 4.69) is 21.3 Å². The Balaban J connectivity index is 2.17. The number of likely N-dealkylation sites (N-methyl/N-ethyl adjacent to an activating group) is 2. The first-order chi connectivity index (χ1) is 30.9. The number of ether oxygens (including phenoxy) is 1. The second-order valence-corrected chi connectivity index (χ2v) is 20.1. The Morgan fingerprint density at radius 1 is 0.742 bits per heavy atom. The highest BCUT2D eigenvalue weighted by Crippen LogP contribution is 2.23.